The van der Waals surface area contributed by atoms with Crippen LogP contribution in [-0.4, -0.2) is 24.8 Å². The highest BCUT2D eigenvalue weighted by atomic mass is 35.5. The molecule has 0 aliphatic carbocycles. The number of guanidine groups is 1. The number of rotatable bonds is 5. The number of nitrogens with one attached hydrogen (secondary N) is 2. The Bertz CT molecular complexity index is 712. The first kappa shape index (κ1) is 18.3. The van der Waals surface area contributed by atoms with Crippen LogP contribution in [0.1, 0.15) is 22.3 Å². The summed E-state index contributed by atoms with van der Waals surface area (Å²) in [5, 5.41) is 7.03. The van der Waals surface area contributed by atoms with Gasteiger partial charge in [-0.3, -0.25) is 9.79 Å². The minimum atomic E-state index is 0. The van der Waals surface area contributed by atoms with Gasteiger partial charge in [-0.05, 0) is 48.4 Å². The van der Waals surface area contributed by atoms with Crippen molar-refractivity contribution < 1.29 is 4.79 Å². The fourth-order valence-electron chi connectivity index (χ4n) is 2.41. The van der Waals surface area contributed by atoms with Crippen LogP contribution in [0, 0.1) is 0 Å². The maximum Gasteiger partial charge on any atom is 0.195 e. The molecule has 4 nitrogen and oxygen atoms in total. The largest absolute Gasteiger partial charge is 0.354 e. The fourth-order valence-corrected chi connectivity index (χ4v) is 2.54. The zero-order chi connectivity index (χ0) is 16.1. The number of Topliss-reactive ketones (excluding diaryl/α,β-unsaturated/α-hetero) is 1. The Morgan fingerprint density at radius 1 is 1.12 bits per heavy atom. The van der Waals surface area contributed by atoms with Gasteiger partial charge < -0.3 is 10.6 Å². The van der Waals surface area contributed by atoms with E-state index >= 15 is 0 Å². The summed E-state index contributed by atoms with van der Waals surface area (Å²) in [6.45, 7) is 1.69. The summed E-state index contributed by atoms with van der Waals surface area (Å²) in [5.74, 6) is 0.948. The first-order valence-corrected chi connectivity index (χ1v) is 8.01. The number of hydrogen-bond donors (Lipinski definition) is 2. The molecule has 0 saturated carbocycles. The summed E-state index contributed by atoms with van der Waals surface area (Å²) in [7, 11) is 0. The van der Waals surface area contributed by atoms with Gasteiger partial charge in [0, 0.05) is 29.2 Å². The van der Waals surface area contributed by atoms with Gasteiger partial charge in [0.15, 0.2) is 11.7 Å². The molecule has 3 rings (SSSR count). The maximum atomic E-state index is 12.1. The van der Waals surface area contributed by atoms with E-state index in [-0.39, 0.29) is 18.2 Å². The van der Waals surface area contributed by atoms with Crippen LogP contribution >= 0.6 is 24.0 Å². The van der Waals surface area contributed by atoms with E-state index in [1.807, 2.05) is 24.3 Å². The zero-order valence-electron chi connectivity index (χ0n) is 13.1. The molecule has 0 radical (unpaired) electrons. The number of nitrogens with zero attached hydrogens (tertiary/aromatic N) is 1. The van der Waals surface area contributed by atoms with Crippen LogP contribution < -0.4 is 10.6 Å². The van der Waals surface area contributed by atoms with Crippen molar-refractivity contribution in [2.24, 2.45) is 4.99 Å². The Morgan fingerprint density at radius 3 is 2.46 bits per heavy atom. The van der Waals surface area contributed by atoms with E-state index in [0.717, 1.165) is 36.7 Å². The van der Waals surface area contributed by atoms with Crippen molar-refractivity contribution in [1.29, 1.82) is 0 Å². The number of hydrogen-bond acceptors (Lipinski definition) is 4. The number of carbonyl (C=O) groups excluding carboxylic acids is 1. The Kier molecular flexibility index (Phi) is 6.64. The molecule has 24 heavy (non-hydrogen) atoms. The van der Waals surface area contributed by atoms with Crippen molar-refractivity contribution in [1.82, 2.24) is 5.32 Å². The molecule has 6 heteroatoms. The Hall–Kier alpha value is -2.04. The number of benzene rings is 2. The van der Waals surface area contributed by atoms with Crippen LogP contribution in [0.5, 0.6) is 0 Å². The zero-order valence-corrected chi connectivity index (χ0v) is 14.7. The minimum Gasteiger partial charge on any atom is -0.354 e. The molecular formula is C18H19Cl2N3O. The molecule has 0 atom stereocenters. The predicted molar refractivity (Wildman–Crippen MR) is 102 cm³/mol. The smallest absolute Gasteiger partial charge is 0.195 e. The molecular weight excluding hydrogens is 345 g/mol. The number of ketones is 1. The molecule has 0 unspecified atom stereocenters. The van der Waals surface area contributed by atoms with Crippen molar-refractivity contribution in [3.8, 4) is 0 Å². The maximum absolute atomic E-state index is 12.1. The molecule has 1 aliphatic heterocycles. The number of anilines is 1. The Balaban J connectivity index is 0.00000208. The Labute approximate surface area is 152 Å². The van der Waals surface area contributed by atoms with Gasteiger partial charge in [0.2, 0.25) is 0 Å². The second-order valence-corrected chi connectivity index (χ2v) is 5.85. The SMILES string of the molecule is Cl.O=C(CCc1ccc(NC2=NCCN2)cc1)c1ccc(Cl)cc1. The van der Waals surface area contributed by atoms with E-state index in [2.05, 4.69) is 15.6 Å². The average molecular weight is 364 g/mol. The van der Waals surface area contributed by atoms with Crippen molar-refractivity contribution >= 4 is 41.4 Å². The lowest BCUT2D eigenvalue weighted by Crippen LogP contribution is -2.26. The van der Waals surface area contributed by atoms with E-state index in [4.69, 9.17) is 11.6 Å². The van der Waals surface area contributed by atoms with E-state index in [1.165, 1.54) is 0 Å². The highest BCUT2D eigenvalue weighted by molar-refractivity contribution is 6.30. The first-order chi connectivity index (χ1) is 11.2. The van der Waals surface area contributed by atoms with Gasteiger partial charge in [0.05, 0.1) is 6.54 Å². The summed E-state index contributed by atoms with van der Waals surface area (Å²) in [6.07, 6.45) is 1.21. The summed E-state index contributed by atoms with van der Waals surface area (Å²) in [6, 6.07) is 15.1. The highest BCUT2D eigenvalue weighted by Crippen LogP contribution is 2.15. The molecule has 0 fully saturated rings. The van der Waals surface area contributed by atoms with Crippen LogP contribution in [0.15, 0.2) is 53.5 Å². The number of aryl methyl sites for hydroxylation is 1. The quantitative estimate of drug-likeness (QED) is 0.790. The number of halogens is 2. The molecule has 2 aromatic rings. The summed E-state index contributed by atoms with van der Waals surface area (Å²) in [5.41, 5.74) is 2.84. The standard InChI is InChI=1S/C18H18ClN3O.ClH/c19-15-6-4-14(5-7-15)17(23)10-3-13-1-8-16(9-2-13)22-18-20-11-12-21-18;/h1-2,4-9H,3,10-12H2,(H2,20,21,22);1H. The fraction of sp³-hybridized carbons (Fsp3) is 0.222. The molecule has 0 aromatic heterocycles. The number of aliphatic imine (C=N–C) groups is 1. The monoisotopic (exact) mass is 363 g/mol. The average Bonchev–Trinajstić information content (AvgIpc) is 3.07. The summed E-state index contributed by atoms with van der Waals surface area (Å²) in [4.78, 5) is 16.4. The van der Waals surface area contributed by atoms with E-state index in [1.54, 1.807) is 24.3 Å². The lowest BCUT2D eigenvalue weighted by molar-refractivity contribution is 0.0983. The lowest BCUT2D eigenvalue weighted by atomic mass is 10.0. The molecule has 0 bridgehead atoms. The van der Waals surface area contributed by atoms with E-state index in [9.17, 15) is 4.79 Å². The van der Waals surface area contributed by atoms with Crippen LogP contribution in [0.25, 0.3) is 0 Å². The van der Waals surface area contributed by atoms with E-state index in [0.29, 0.717) is 17.0 Å². The first-order valence-electron chi connectivity index (χ1n) is 7.64. The summed E-state index contributed by atoms with van der Waals surface area (Å²) >= 11 is 5.83. The Morgan fingerprint density at radius 2 is 1.83 bits per heavy atom. The molecule has 0 saturated heterocycles. The topological polar surface area (TPSA) is 53.5 Å². The molecule has 2 N–H and O–H groups in total. The predicted octanol–water partition coefficient (Wildman–Crippen LogP) is 3.95. The molecule has 0 amide bonds. The van der Waals surface area contributed by atoms with Crippen molar-refractivity contribution in [2.45, 2.75) is 12.8 Å². The van der Waals surface area contributed by atoms with Gasteiger partial charge in [-0.1, -0.05) is 23.7 Å². The summed E-state index contributed by atoms with van der Waals surface area (Å²) < 4.78 is 0. The minimum absolute atomic E-state index is 0. The molecule has 2 aromatic carbocycles. The van der Waals surface area contributed by atoms with Crippen LogP contribution in [0.4, 0.5) is 5.69 Å². The van der Waals surface area contributed by atoms with Gasteiger partial charge in [0.1, 0.15) is 0 Å². The molecule has 126 valence electrons. The van der Waals surface area contributed by atoms with Gasteiger partial charge in [-0.2, -0.15) is 0 Å². The second kappa shape index (κ2) is 8.71. The molecule has 1 heterocycles. The van der Waals surface area contributed by atoms with Crippen molar-refractivity contribution in [3.05, 3.63) is 64.7 Å². The van der Waals surface area contributed by atoms with Crippen LogP contribution in [0.2, 0.25) is 5.02 Å². The van der Waals surface area contributed by atoms with Crippen molar-refractivity contribution in [3.63, 3.8) is 0 Å². The van der Waals surface area contributed by atoms with Gasteiger partial charge in [0.25, 0.3) is 0 Å². The van der Waals surface area contributed by atoms with E-state index < -0.39 is 0 Å². The third-order valence-electron chi connectivity index (χ3n) is 3.70. The van der Waals surface area contributed by atoms with Gasteiger partial charge in [-0.25, -0.2) is 0 Å². The third-order valence-corrected chi connectivity index (χ3v) is 3.95. The lowest BCUT2D eigenvalue weighted by Gasteiger charge is -2.07. The molecule has 0 spiro atoms. The van der Waals surface area contributed by atoms with Crippen molar-refractivity contribution in [2.75, 3.05) is 18.4 Å². The third kappa shape index (κ3) is 4.98. The van der Waals surface area contributed by atoms with Crippen LogP contribution in [-0.2, 0) is 6.42 Å². The second-order valence-electron chi connectivity index (χ2n) is 5.41. The highest BCUT2D eigenvalue weighted by Gasteiger charge is 2.07. The van der Waals surface area contributed by atoms with Crippen LogP contribution in [0.3, 0.4) is 0 Å². The normalized spacial score (nSPS) is 12.8. The number of carbonyl (C=O) groups is 1. The molecule has 1 aliphatic rings. The van der Waals surface area contributed by atoms with Gasteiger partial charge in [-0.15, -0.1) is 12.4 Å². The van der Waals surface area contributed by atoms with Gasteiger partial charge >= 0.3 is 0 Å².